The number of methoxy groups -OCH3 is 1. The van der Waals surface area contributed by atoms with Gasteiger partial charge in [0, 0.05) is 17.6 Å². The van der Waals surface area contributed by atoms with Crippen LogP contribution in [-0.4, -0.2) is 37.0 Å². The highest BCUT2D eigenvalue weighted by molar-refractivity contribution is 6.31. The van der Waals surface area contributed by atoms with Crippen molar-refractivity contribution in [1.82, 2.24) is 4.98 Å². The van der Waals surface area contributed by atoms with Crippen LogP contribution in [0.1, 0.15) is 30.1 Å². The number of nitrogens with one attached hydrogen (secondary N) is 1. The van der Waals surface area contributed by atoms with Crippen LogP contribution in [0.3, 0.4) is 0 Å². The number of hydrogen-bond acceptors (Lipinski definition) is 6. The number of piperidine rings is 1. The normalized spacial score (nSPS) is 19.4. The maximum atomic E-state index is 15.0. The van der Waals surface area contributed by atoms with E-state index in [4.69, 9.17) is 20.8 Å². The molecular formula is C21H21ClFN3O3. The van der Waals surface area contributed by atoms with Gasteiger partial charge in [0.2, 0.25) is 0 Å². The summed E-state index contributed by atoms with van der Waals surface area (Å²) in [5.74, 6) is -0.559. The topological polar surface area (TPSA) is 67.6 Å². The number of benzene rings is 2. The summed E-state index contributed by atoms with van der Waals surface area (Å²) < 4.78 is 25.9. The first-order valence-electron chi connectivity index (χ1n) is 9.42. The second kappa shape index (κ2) is 7.91. The molecule has 2 aromatic carbocycles. The lowest BCUT2D eigenvalue weighted by Gasteiger charge is -2.41. The Kier molecular flexibility index (Phi) is 5.32. The summed E-state index contributed by atoms with van der Waals surface area (Å²) in [7, 11) is 1.36. The standard InChI is InChI=1S/C21H21ClFN3O3/c1-12-15(24-21-25-16-10-14(22)6-8-18(16)29-21)4-3-9-26(12)17-7-5-13(11-27)20(28-2)19(17)23/h5-8,10-12,15H,3-4,9H2,1-2H3,(H,24,25)/t12-,15-/m1/s1. The number of rotatable bonds is 5. The van der Waals surface area contributed by atoms with Crippen LogP contribution in [0, 0.1) is 5.82 Å². The Morgan fingerprint density at radius 3 is 2.97 bits per heavy atom. The van der Waals surface area contributed by atoms with Crippen LogP contribution in [0.25, 0.3) is 11.1 Å². The van der Waals surface area contributed by atoms with Crippen molar-refractivity contribution in [1.29, 1.82) is 0 Å². The molecule has 6 nitrogen and oxygen atoms in total. The van der Waals surface area contributed by atoms with Gasteiger partial charge >= 0.3 is 0 Å². The molecule has 4 rings (SSSR count). The maximum absolute atomic E-state index is 15.0. The predicted octanol–water partition coefficient (Wildman–Crippen LogP) is 4.91. The number of ether oxygens (including phenoxy) is 1. The van der Waals surface area contributed by atoms with Crippen molar-refractivity contribution in [3.05, 3.63) is 46.7 Å². The molecule has 2 atom stereocenters. The molecule has 0 bridgehead atoms. The predicted molar refractivity (Wildman–Crippen MR) is 111 cm³/mol. The third-order valence-electron chi connectivity index (χ3n) is 5.39. The molecule has 2 heterocycles. The summed E-state index contributed by atoms with van der Waals surface area (Å²) in [6.45, 7) is 2.72. The third-order valence-corrected chi connectivity index (χ3v) is 5.63. The average molecular weight is 418 g/mol. The summed E-state index contributed by atoms with van der Waals surface area (Å²) in [6, 6.07) is 8.87. The molecule has 8 heteroatoms. The van der Waals surface area contributed by atoms with E-state index < -0.39 is 5.82 Å². The first-order chi connectivity index (χ1) is 14.0. The number of aromatic nitrogens is 1. The highest BCUT2D eigenvalue weighted by atomic mass is 35.5. The molecule has 3 aromatic rings. The van der Waals surface area contributed by atoms with Gasteiger partial charge in [0.15, 0.2) is 23.4 Å². The van der Waals surface area contributed by atoms with Crippen molar-refractivity contribution < 1.29 is 18.3 Å². The van der Waals surface area contributed by atoms with Gasteiger partial charge in [-0.15, -0.1) is 0 Å². The molecule has 0 aliphatic carbocycles. The molecule has 0 unspecified atom stereocenters. The van der Waals surface area contributed by atoms with Crippen molar-refractivity contribution in [2.75, 3.05) is 23.9 Å². The van der Waals surface area contributed by atoms with E-state index in [-0.39, 0.29) is 23.4 Å². The second-order valence-electron chi connectivity index (χ2n) is 7.10. The number of carbonyl (C=O) groups is 1. The maximum Gasteiger partial charge on any atom is 0.295 e. The lowest BCUT2D eigenvalue weighted by molar-refractivity contribution is 0.112. The summed E-state index contributed by atoms with van der Waals surface area (Å²) >= 11 is 6.01. The van der Waals surface area contributed by atoms with Crippen LogP contribution >= 0.6 is 11.6 Å². The zero-order chi connectivity index (χ0) is 20.5. The Morgan fingerprint density at radius 2 is 2.21 bits per heavy atom. The van der Waals surface area contributed by atoms with Gasteiger partial charge in [-0.25, -0.2) is 4.39 Å². The zero-order valence-corrected chi connectivity index (χ0v) is 16.9. The van der Waals surface area contributed by atoms with Crippen LogP contribution in [0.15, 0.2) is 34.7 Å². The number of carbonyl (C=O) groups excluding carboxylic acids is 1. The summed E-state index contributed by atoms with van der Waals surface area (Å²) in [6.07, 6.45) is 2.35. The Labute approximate surface area is 172 Å². The number of fused-ring (bicyclic) bond motifs is 1. The smallest absolute Gasteiger partial charge is 0.295 e. The minimum absolute atomic E-state index is 0.00317. The Morgan fingerprint density at radius 1 is 1.38 bits per heavy atom. The number of anilines is 2. The third kappa shape index (κ3) is 3.62. The first-order valence-corrected chi connectivity index (χ1v) is 9.80. The summed E-state index contributed by atoms with van der Waals surface area (Å²) in [5, 5.41) is 3.93. The van der Waals surface area contributed by atoms with Gasteiger partial charge in [0.05, 0.1) is 24.4 Å². The van der Waals surface area contributed by atoms with E-state index in [2.05, 4.69) is 10.3 Å². The highest BCUT2D eigenvalue weighted by Crippen LogP contribution is 2.34. The molecule has 0 spiro atoms. The number of oxazole rings is 1. The Bertz CT molecular complexity index is 1060. The zero-order valence-electron chi connectivity index (χ0n) is 16.1. The van der Waals surface area contributed by atoms with Gasteiger partial charge in [-0.2, -0.15) is 4.98 Å². The van der Waals surface area contributed by atoms with Gasteiger partial charge in [0.1, 0.15) is 5.52 Å². The summed E-state index contributed by atoms with van der Waals surface area (Å²) in [5.41, 5.74) is 1.94. The molecular weight excluding hydrogens is 397 g/mol. The van der Waals surface area contributed by atoms with Crippen molar-refractivity contribution in [2.24, 2.45) is 0 Å². The van der Waals surface area contributed by atoms with E-state index in [1.807, 2.05) is 11.8 Å². The van der Waals surface area contributed by atoms with E-state index in [0.717, 1.165) is 12.8 Å². The number of aldehydes is 1. The number of hydrogen-bond donors (Lipinski definition) is 1. The van der Waals surface area contributed by atoms with E-state index in [1.54, 1.807) is 30.3 Å². The lowest BCUT2D eigenvalue weighted by Crippen LogP contribution is -2.50. The minimum atomic E-state index is -0.527. The van der Waals surface area contributed by atoms with Gasteiger partial charge in [-0.3, -0.25) is 4.79 Å². The van der Waals surface area contributed by atoms with Gasteiger partial charge in [-0.1, -0.05) is 11.6 Å². The molecule has 1 N–H and O–H groups in total. The van der Waals surface area contributed by atoms with E-state index in [1.165, 1.54) is 7.11 Å². The van der Waals surface area contributed by atoms with E-state index >= 15 is 4.39 Å². The molecule has 152 valence electrons. The van der Waals surface area contributed by atoms with Crippen molar-refractivity contribution in [3.8, 4) is 5.75 Å². The molecule has 1 aromatic heterocycles. The highest BCUT2D eigenvalue weighted by Gasteiger charge is 2.31. The Hall–Kier alpha value is -2.80. The molecule has 1 saturated heterocycles. The van der Waals surface area contributed by atoms with E-state index in [9.17, 15) is 4.79 Å². The Balaban J connectivity index is 1.59. The van der Waals surface area contributed by atoms with E-state index in [0.29, 0.717) is 40.7 Å². The fourth-order valence-corrected chi connectivity index (χ4v) is 4.05. The van der Waals surface area contributed by atoms with Crippen LogP contribution in [0.5, 0.6) is 5.75 Å². The first kappa shape index (κ1) is 19.5. The second-order valence-corrected chi connectivity index (χ2v) is 7.53. The van der Waals surface area contributed by atoms with Crippen LogP contribution in [0.4, 0.5) is 16.1 Å². The SMILES string of the molecule is COc1c(C=O)ccc(N2CCC[C@@H](Nc3nc4cc(Cl)ccc4o3)[C@H]2C)c1F. The molecule has 0 radical (unpaired) electrons. The quantitative estimate of drug-likeness (QED) is 0.595. The molecule has 1 fully saturated rings. The van der Waals surface area contributed by atoms with Gasteiger partial charge < -0.3 is 19.4 Å². The monoisotopic (exact) mass is 417 g/mol. The van der Waals surface area contributed by atoms with Gasteiger partial charge in [0.25, 0.3) is 6.01 Å². The van der Waals surface area contributed by atoms with Crippen molar-refractivity contribution >= 4 is 40.7 Å². The van der Waals surface area contributed by atoms with Crippen LogP contribution in [-0.2, 0) is 0 Å². The molecule has 0 amide bonds. The molecule has 1 aliphatic heterocycles. The fourth-order valence-electron chi connectivity index (χ4n) is 3.88. The molecule has 1 aliphatic rings. The van der Waals surface area contributed by atoms with Crippen LogP contribution < -0.4 is 15.0 Å². The molecule has 0 saturated carbocycles. The van der Waals surface area contributed by atoms with Crippen molar-refractivity contribution in [3.63, 3.8) is 0 Å². The molecule has 29 heavy (non-hydrogen) atoms. The average Bonchev–Trinajstić information content (AvgIpc) is 3.11. The minimum Gasteiger partial charge on any atom is -0.493 e. The number of halogens is 2. The lowest BCUT2D eigenvalue weighted by atomic mass is 9.96. The fraction of sp³-hybridized carbons (Fsp3) is 0.333. The van der Waals surface area contributed by atoms with Crippen LogP contribution in [0.2, 0.25) is 5.02 Å². The van der Waals surface area contributed by atoms with Crippen molar-refractivity contribution in [2.45, 2.75) is 31.8 Å². The number of nitrogens with zero attached hydrogens (tertiary/aromatic N) is 2. The summed E-state index contributed by atoms with van der Waals surface area (Å²) in [4.78, 5) is 17.6. The largest absolute Gasteiger partial charge is 0.493 e. The van der Waals surface area contributed by atoms with Gasteiger partial charge in [-0.05, 0) is 50.1 Å².